The number of ether oxygens (including phenoxy) is 2. The van der Waals surface area contributed by atoms with Crippen LogP contribution in [0.4, 0.5) is 10.5 Å². The fourth-order valence-corrected chi connectivity index (χ4v) is 4.19. The number of allylic oxidation sites excluding steroid dienone is 1. The second-order valence-corrected chi connectivity index (χ2v) is 10.5. The van der Waals surface area contributed by atoms with Crippen LogP contribution in [0, 0.1) is 11.3 Å². The second kappa shape index (κ2) is 14.6. The Labute approximate surface area is 223 Å². The molecule has 1 aliphatic heterocycles. The van der Waals surface area contributed by atoms with Crippen molar-refractivity contribution in [3.8, 4) is 6.07 Å². The standard InChI is InChI=1S/C28H39N3O3.C2H6O/c1-9-20(4)23(15-17-32)26-24(30(8)22-12-10-21(11-13-22)19(2)3)14-16-31(25(26)18-29)27(33)34-28(5,6)7;1-3-2/h10-13,17,19,25H,9,14-16H2,1-8H3;1-2H3. The van der Waals surface area contributed by atoms with Crippen molar-refractivity contribution in [2.75, 3.05) is 32.7 Å². The minimum Gasteiger partial charge on any atom is -0.444 e. The molecule has 1 aromatic carbocycles. The molecule has 0 radical (unpaired) electrons. The van der Waals surface area contributed by atoms with Gasteiger partial charge in [-0.3, -0.25) is 4.90 Å². The molecule has 0 saturated carbocycles. The molecule has 1 atom stereocenters. The normalized spacial score (nSPS) is 16.4. The predicted octanol–water partition coefficient (Wildman–Crippen LogP) is 6.61. The average Bonchev–Trinajstić information content (AvgIpc) is 2.85. The zero-order valence-electron chi connectivity index (χ0n) is 24.3. The SMILES string of the molecule is CCC(C)=C(CC=O)C1=C(N(C)c2ccc(C(C)C)cc2)CCN(C(=O)OC(C)(C)C)C1C#N.COC. The van der Waals surface area contributed by atoms with E-state index in [1.807, 2.05) is 41.7 Å². The van der Waals surface area contributed by atoms with E-state index in [9.17, 15) is 14.9 Å². The molecule has 7 nitrogen and oxygen atoms in total. The van der Waals surface area contributed by atoms with Crippen molar-refractivity contribution in [2.24, 2.45) is 0 Å². The van der Waals surface area contributed by atoms with Crippen LogP contribution in [0.1, 0.15) is 79.2 Å². The molecule has 1 aliphatic rings. The first-order chi connectivity index (χ1) is 17.4. The van der Waals surface area contributed by atoms with Gasteiger partial charge in [0.25, 0.3) is 0 Å². The minimum atomic E-state index is -0.840. The quantitative estimate of drug-likeness (QED) is 0.383. The van der Waals surface area contributed by atoms with E-state index in [4.69, 9.17) is 4.74 Å². The van der Waals surface area contributed by atoms with Gasteiger partial charge < -0.3 is 19.2 Å². The number of hydrogen-bond donors (Lipinski definition) is 0. The first-order valence-corrected chi connectivity index (χ1v) is 12.8. The van der Waals surface area contributed by atoms with Gasteiger partial charge in [0.2, 0.25) is 0 Å². The van der Waals surface area contributed by atoms with Crippen molar-refractivity contribution >= 4 is 18.1 Å². The number of methoxy groups -OCH3 is 1. The largest absolute Gasteiger partial charge is 0.444 e. The van der Waals surface area contributed by atoms with Gasteiger partial charge in [-0.25, -0.2) is 4.79 Å². The molecule has 0 N–H and O–H groups in total. The van der Waals surface area contributed by atoms with Crippen LogP contribution in [0.15, 0.2) is 46.7 Å². The van der Waals surface area contributed by atoms with Gasteiger partial charge in [0.05, 0.1) is 6.07 Å². The van der Waals surface area contributed by atoms with Gasteiger partial charge in [0, 0.05) is 57.6 Å². The summed E-state index contributed by atoms with van der Waals surface area (Å²) < 4.78 is 9.86. The summed E-state index contributed by atoms with van der Waals surface area (Å²) in [6, 6.07) is 9.90. The third kappa shape index (κ3) is 8.75. The maximum Gasteiger partial charge on any atom is 0.411 e. The predicted molar refractivity (Wildman–Crippen MR) is 150 cm³/mol. The molecular formula is C30H45N3O4. The van der Waals surface area contributed by atoms with E-state index in [0.29, 0.717) is 18.9 Å². The van der Waals surface area contributed by atoms with E-state index >= 15 is 0 Å². The van der Waals surface area contributed by atoms with Gasteiger partial charge in [-0.15, -0.1) is 0 Å². The highest BCUT2D eigenvalue weighted by molar-refractivity contribution is 5.73. The van der Waals surface area contributed by atoms with E-state index in [2.05, 4.69) is 53.8 Å². The minimum absolute atomic E-state index is 0.193. The van der Waals surface area contributed by atoms with Crippen molar-refractivity contribution in [1.82, 2.24) is 4.90 Å². The maximum atomic E-state index is 13.0. The first kappa shape index (κ1) is 31.9. The number of benzene rings is 1. The monoisotopic (exact) mass is 511 g/mol. The number of aldehydes is 1. The Morgan fingerprint density at radius 1 is 1.24 bits per heavy atom. The number of anilines is 1. The Morgan fingerprint density at radius 3 is 2.24 bits per heavy atom. The summed E-state index contributed by atoms with van der Waals surface area (Å²) in [5.74, 6) is 0.434. The zero-order chi connectivity index (χ0) is 28.3. The number of nitrogens with zero attached hydrogens (tertiary/aromatic N) is 3. The van der Waals surface area contributed by atoms with E-state index in [-0.39, 0.29) is 6.42 Å². The molecule has 2 rings (SSSR count). The molecule has 204 valence electrons. The lowest BCUT2D eigenvalue weighted by molar-refractivity contribution is -0.107. The van der Waals surface area contributed by atoms with Gasteiger partial charge in [0.1, 0.15) is 17.9 Å². The van der Waals surface area contributed by atoms with E-state index in [0.717, 1.165) is 40.8 Å². The van der Waals surface area contributed by atoms with Gasteiger partial charge in [-0.05, 0) is 63.3 Å². The van der Waals surface area contributed by atoms with Crippen LogP contribution in [0.3, 0.4) is 0 Å². The van der Waals surface area contributed by atoms with Crippen LogP contribution >= 0.6 is 0 Å². The lowest BCUT2D eigenvalue weighted by Crippen LogP contribution is -2.48. The van der Waals surface area contributed by atoms with Gasteiger partial charge >= 0.3 is 6.09 Å². The lowest BCUT2D eigenvalue weighted by Gasteiger charge is -2.40. The van der Waals surface area contributed by atoms with Crippen LogP contribution in [0.25, 0.3) is 0 Å². The summed E-state index contributed by atoms with van der Waals surface area (Å²) in [6.45, 7) is 14.1. The van der Waals surface area contributed by atoms with Crippen molar-refractivity contribution in [3.63, 3.8) is 0 Å². The van der Waals surface area contributed by atoms with Gasteiger partial charge in [-0.2, -0.15) is 5.26 Å². The second-order valence-electron chi connectivity index (χ2n) is 10.5. The smallest absolute Gasteiger partial charge is 0.411 e. The Kier molecular flexibility index (Phi) is 12.6. The number of rotatable bonds is 7. The van der Waals surface area contributed by atoms with Crippen LogP contribution in [0.2, 0.25) is 0 Å². The van der Waals surface area contributed by atoms with E-state index in [1.165, 1.54) is 10.5 Å². The third-order valence-corrected chi connectivity index (χ3v) is 6.25. The molecule has 7 heteroatoms. The summed E-state index contributed by atoms with van der Waals surface area (Å²) >= 11 is 0. The van der Waals surface area contributed by atoms with Crippen molar-refractivity contribution in [1.29, 1.82) is 5.26 Å². The highest BCUT2D eigenvalue weighted by Gasteiger charge is 2.38. The van der Waals surface area contributed by atoms with Crippen LogP contribution in [-0.4, -0.2) is 56.7 Å². The molecule has 37 heavy (non-hydrogen) atoms. The number of carbonyl (C=O) groups is 2. The van der Waals surface area contributed by atoms with Crippen molar-refractivity contribution in [2.45, 2.75) is 85.3 Å². The molecule has 1 aromatic rings. The fourth-order valence-electron chi connectivity index (χ4n) is 4.19. The number of carbonyl (C=O) groups excluding carboxylic acids is 2. The van der Waals surface area contributed by atoms with Crippen molar-refractivity contribution in [3.05, 3.63) is 52.2 Å². The first-order valence-electron chi connectivity index (χ1n) is 12.8. The topological polar surface area (TPSA) is 82.9 Å². The maximum absolute atomic E-state index is 13.0. The highest BCUT2D eigenvalue weighted by atomic mass is 16.6. The number of hydrogen-bond acceptors (Lipinski definition) is 6. The van der Waals surface area contributed by atoms with Crippen LogP contribution in [-0.2, 0) is 14.3 Å². The van der Waals surface area contributed by atoms with Gasteiger partial charge in [-0.1, -0.05) is 38.5 Å². The molecule has 1 amide bonds. The van der Waals surface area contributed by atoms with Gasteiger partial charge in [0.15, 0.2) is 0 Å². The molecule has 1 heterocycles. The number of nitriles is 1. The Morgan fingerprint density at radius 2 is 1.81 bits per heavy atom. The fraction of sp³-hybridized carbons (Fsp3) is 0.567. The third-order valence-electron chi connectivity index (χ3n) is 6.25. The molecular weight excluding hydrogens is 466 g/mol. The molecule has 0 spiro atoms. The number of amides is 1. The molecule has 0 fully saturated rings. The summed E-state index contributed by atoms with van der Waals surface area (Å²) in [6.07, 6.45) is 1.85. The molecule has 0 aliphatic carbocycles. The van der Waals surface area contributed by atoms with E-state index < -0.39 is 17.7 Å². The lowest BCUT2D eigenvalue weighted by atomic mass is 9.86. The van der Waals surface area contributed by atoms with Crippen molar-refractivity contribution < 1.29 is 19.1 Å². The van der Waals surface area contributed by atoms with Crippen LogP contribution < -0.4 is 4.90 Å². The summed E-state index contributed by atoms with van der Waals surface area (Å²) in [5.41, 5.74) is 5.14. The Bertz CT molecular complexity index is 1010. The molecule has 0 saturated heterocycles. The Hall–Kier alpha value is -3.11. The summed E-state index contributed by atoms with van der Waals surface area (Å²) in [5, 5.41) is 10.3. The zero-order valence-corrected chi connectivity index (χ0v) is 24.3. The Balaban J connectivity index is 0.00000217. The molecule has 0 bridgehead atoms. The average molecular weight is 512 g/mol. The van der Waals surface area contributed by atoms with E-state index in [1.54, 1.807) is 14.2 Å². The highest BCUT2D eigenvalue weighted by Crippen LogP contribution is 2.37. The molecule has 0 aromatic heterocycles. The molecule has 1 unspecified atom stereocenters. The summed E-state index contributed by atoms with van der Waals surface area (Å²) in [7, 11) is 5.23. The van der Waals surface area contributed by atoms with Crippen LogP contribution in [0.5, 0.6) is 0 Å². The summed E-state index contributed by atoms with van der Waals surface area (Å²) in [4.78, 5) is 28.3.